The third-order valence-corrected chi connectivity index (χ3v) is 4.85. The molecule has 2 unspecified atom stereocenters. The molecule has 0 radical (unpaired) electrons. The Morgan fingerprint density at radius 1 is 1.35 bits per heavy atom. The second kappa shape index (κ2) is 9.01. The van der Waals surface area contributed by atoms with Crippen molar-refractivity contribution in [3.63, 3.8) is 0 Å². The van der Waals surface area contributed by atoms with E-state index in [2.05, 4.69) is 32.6 Å². The van der Waals surface area contributed by atoms with Crippen molar-refractivity contribution >= 4 is 0 Å². The molecule has 2 atom stereocenters. The molecule has 0 aromatic heterocycles. The third kappa shape index (κ3) is 5.34. The smallest absolute Gasteiger partial charge is 0.0593 e. The van der Waals surface area contributed by atoms with Crippen molar-refractivity contribution < 1.29 is 4.74 Å². The molecule has 2 N–H and O–H groups in total. The third-order valence-electron chi connectivity index (χ3n) is 4.85. The van der Waals surface area contributed by atoms with Gasteiger partial charge in [0.2, 0.25) is 0 Å². The van der Waals surface area contributed by atoms with Crippen LogP contribution in [-0.2, 0) is 4.74 Å². The van der Waals surface area contributed by atoms with Gasteiger partial charge in [-0.3, -0.25) is 4.90 Å². The number of hydrogen-bond acceptors (Lipinski definition) is 3. The maximum atomic E-state index is 6.16. The van der Waals surface area contributed by atoms with E-state index in [0.29, 0.717) is 0 Å². The first kappa shape index (κ1) is 17.9. The first-order valence-electron chi connectivity index (χ1n) is 8.57. The van der Waals surface area contributed by atoms with Crippen LogP contribution in [0.1, 0.15) is 59.8 Å². The Morgan fingerprint density at radius 3 is 2.65 bits per heavy atom. The number of nitrogens with two attached hydrogens (primary N) is 1. The van der Waals surface area contributed by atoms with Crippen LogP contribution in [0.25, 0.3) is 0 Å². The molecular formula is C17H36N2O. The van der Waals surface area contributed by atoms with Crippen LogP contribution in [0.2, 0.25) is 0 Å². The van der Waals surface area contributed by atoms with Crippen LogP contribution in [0.4, 0.5) is 0 Å². The van der Waals surface area contributed by atoms with Crippen LogP contribution in [-0.4, -0.2) is 43.3 Å². The molecule has 0 aromatic rings. The monoisotopic (exact) mass is 284 g/mol. The van der Waals surface area contributed by atoms with Crippen molar-refractivity contribution in [1.29, 1.82) is 0 Å². The summed E-state index contributed by atoms with van der Waals surface area (Å²) in [7, 11) is 0. The minimum atomic E-state index is 0.230. The van der Waals surface area contributed by atoms with Crippen molar-refractivity contribution in [2.75, 3.05) is 32.8 Å². The average Bonchev–Trinajstić information content (AvgIpc) is 2.42. The molecule has 120 valence electrons. The van der Waals surface area contributed by atoms with E-state index in [1.165, 1.54) is 25.7 Å². The molecule has 1 rings (SSSR count). The predicted octanol–water partition coefficient (Wildman–Crippen LogP) is 3.28. The molecular weight excluding hydrogens is 248 g/mol. The number of ether oxygens (including phenoxy) is 1. The van der Waals surface area contributed by atoms with E-state index in [-0.39, 0.29) is 5.54 Å². The van der Waals surface area contributed by atoms with Gasteiger partial charge in [0, 0.05) is 25.2 Å². The molecule has 0 aromatic carbocycles. The van der Waals surface area contributed by atoms with Gasteiger partial charge in [-0.25, -0.2) is 0 Å². The molecule has 3 heteroatoms. The maximum absolute atomic E-state index is 6.16. The van der Waals surface area contributed by atoms with E-state index in [1.54, 1.807) is 0 Å². The summed E-state index contributed by atoms with van der Waals surface area (Å²) in [6.45, 7) is 13.7. The molecule has 1 aliphatic rings. The molecule has 0 aliphatic heterocycles. The normalized spacial score (nSPS) is 27.4. The second-order valence-corrected chi connectivity index (χ2v) is 7.00. The van der Waals surface area contributed by atoms with Gasteiger partial charge in [0.15, 0.2) is 0 Å². The summed E-state index contributed by atoms with van der Waals surface area (Å²) in [5, 5.41) is 0. The lowest BCUT2D eigenvalue weighted by atomic mass is 9.75. The van der Waals surface area contributed by atoms with E-state index >= 15 is 0 Å². The fourth-order valence-electron chi connectivity index (χ4n) is 3.56. The quantitative estimate of drug-likeness (QED) is 0.660. The Bertz CT molecular complexity index is 257. The van der Waals surface area contributed by atoms with Crippen molar-refractivity contribution in [3.05, 3.63) is 0 Å². The Labute approximate surface area is 126 Å². The molecule has 1 saturated carbocycles. The molecule has 1 fully saturated rings. The highest BCUT2D eigenvalue weighted by atomic mass is 16.5. The number of likely N-dealkylation sites (N-methyl/N-ethyl adjacent to an activating group) is 1. The molecule has 0 saturated heterocycles. The molecule has 20 heavy (non-hydrogen) atoms. The topological polar surface area (TPSA) is 38.5 Å². The van der Waals surface area contributed by atoms with E-state index in [1.807, 2.05) is 0 Å². The lowest BCUT2D eigenvalue weighted by molar-refractivity contribution is 0.0137. The van der Waals surface area contributed by atoms with Gasteiger partial charge in [-0.2, -0.15) is 0 Å². The first-order chi connectivity index (χ1) is 9.54. The summed E-state index contributed by atoms with van der Waals surface area (Å²) >= 11 is 0. The zero-order chi connectivity index (χ0) is 15.0. The van der Waals surface area contributed by atoms with Crippen LogP contribution in [0.15, 0.2) is 0 Å². The highest BCUT2D eigenvalue weighted by Gasteiger charge is 2.38. The fourth-order valence-corrected chi connectivity index (χ4v) is 3.56. The predicted molar refractivity (Wildman–Crippen MR) is 86.9 cm³/mol. The van der Waals surface area contributed by atoms with Crippen LogP contribution in [0.3, 0.4) is 0 Å². The zero-order valence-corrected chi connectivity index (χ0v) is 14.2. The van der Waals surface area contributed by atoms with E-state index < -0.39 is 0 Å². The highest BCUT2D eigenvalue weighted by Crippen LogP contribution is 2.36. The molecule has 0 amide bonds. The van der Waals surface area contributed by atoms with Gasteiger partial charge in [-0.05, 0) is 37.6 Å². The Balaban J connectivity index is 2.42. The van der Waals surface area contributed by atoms with E-state index in [0.717, 1.165) is 51.1 Å². The van der Waals surface area contributed by atoms with Gasteiger partial charge in [0.1, 0.15) is 0 Å². The Hall–Kier alpha value is -0.120. The Kier molecular flexibility index (Phi) is 8.08. The number of rotatable bonds is 9. The summed E-state index contributed by atoms with van der Waals surface area (Å²) in [6.07, 6.45) is 6.36. The number of nitrogens with zero attached hydrogens (tertiary/aromatic N) is 1. The van der Waals surface area contributed by atoms with Crippen LogP contribution < -0.4 is 5.73 Å². The van der Waals surface area contributed by atoms with Gasteiger partial charge in [0.05, 0.1) is 6.61 Å². The summed E-state index contributed by atoms with van der Waals surface area (Å²) < 4.78 is 5.80. The van der Waals surface area contributed by atoms with Crippen molar-refractivity contribution in [2.24, 2.45) is 17.6 Å². The highest BCUT2D eigenvalue weighted by molar-refractivity contribution is 4.95. The summed E-state index contributed by atoms with van der Waals surface area (Å²) in [4.78, 5) is 2.58. The SMILES string of the molecule is CCN(CCOCCC(C)C)C1(CN)CCCC(C)C1. The van der Waals surface area contributed by atoms with Crippen LogP contribution in [0, 0.1) is 11.8 Å². The number of hydrogen-bond donors (Lipinski definition) is 1. The minimum Gasteiger partial charge on any atom is -0.380 e. The fraction of sp³-hybridized carbons (Fsp3) is 1.00. The Morgan fingerprint density at radius 2 is 2.10 bits per heavy atom. The summed E-state index contributed by atoms with van der Waals surface area (Å²) in [5.41, 5.74) is 6.39. The van der Waals surface area contributed by atoms with Gasteiger partial charge in [-0.1, -0.05) is 40.5 Å². The van der Waals surface area contributed by atoms with Crippen LogP contribution >= 0.6 is 0 Å². The van der Waals surface area contributed by atoms with Gasteiger partial charge < -0.3 is 10.5 Å². The lowest BCUT2D eigenvalue weighted by Crippen LogP contribution is -2.57. The summed E-state index contributed by atoms with van der Waals surface area (Å²) in [6, 6.07) is 0. The van der Waals surface area contributed by atoms with Crippen molar-refractivity contribution in [3.8, 4) is 0 Å². The molecule has 1 aliphatic carbocycles. The summed E-state index contributed by atoms with van der Waals surface area (Å²) in [5.74, 6) is 1.54. The van der Waals surface area contributed by atoms with E-state index in [9.17, 15) is 0 Å². The molecule has 0 spiro atoms. The zero-order valence-electron chi connectivity index (χ0n) is 14.2. The van der Waals surface area contributed by atoms with Crippen molar-refractivity contribution in [1.82, 2.24) is 4.90 Å². The van der Waals surface area contributed by atoms with Gasteiger partial charge >= 0.3 is 0 Å². The molecule has 3 nitrogen and oxygen atoms in total. The largest absolute Gasteiger partial charge is 0.380 e. The maximum Gasteiger partial charge on any atom is 0.0593 e. The van der Waals surface area contributed by atoms with Crippen molar-refractivity contribution in [2.45, 2.75) is 65.3 Å². The van der Waals surface area contributed by atoms with Gasteiger partial charge in [0.25, 0.3) is 0 Å². The average molecular weight is 284 g/mol. The molecule has 0 bridgehead atoms. The lowest BCUT2D eigenvalue weighted by Gasteiger charge is -2.47. The minimum absolute atomic E-state index is 0.230. The van der Waals surface area contributed by atoms with Gasteiger partial charge in [-0.15, -0.1) is 0 Å². The first-order valence-corrected chi connectivity index (χ1v) is 8.57. The van der Waals surface area contributed by atoms with Crippen LogP contribution in [0.5, 0.6) is 0 Å². The van der Waals surface area contributed by atoms with E-state index in [4.69, 9.17) is 10.5 Å². The second-order valence-electron chi connectivity index (χ2n) is 7.00. The standard InChI is InChI=1S/C17H36N2O/c1-5-19(10-12-20-11-8-15(2)3)17(14-18)9-6-7-16(4)13-17/h15-16H,5-14,18H2,1-4H3. The molecule has 0 heterocycles.